The van der Waals surface area contributed by atoms with E-state index >= 15 is 0 Å². The molecule has 0 N–H and O–H groups in total. The molecule has 1 atom stereocenters. The van der Waals surface area contributed by atoms with Crippen LogP contribution in [-0.4, -0.2) is 10.7 Å². The number of thiazole rings is 1. The Morgan fingerprint density at radius 1 is 0.926 bits per heavy atom. The summed E-state index contributed by atoms with van der Waals surface area (Å²) in [6, 6.07) is 25.3. The lowest BCUT2D eigenvalue weighted by atomic mass is 9.99. The van der Waals surface area contributed by atoms with Crippen LogP contribution in [0.1, 0.15) is 23.6 Å². The molecular weight excluding hydrogens is 357 g/mol. The van der Waals surface area contributed by atoms with Gasteiger partial charge in [-0.15, -0.1) is 0 Å². The van der Waals surface area contributed by atoms with Crippen LogP contribution >= 0.6 is 11.3 Å². The number of hydrogen-bond acceptors (Lipinski definition) is 4. The molecule has 5 heteroatoms. The summed E-state index contributed by atoms with van der Waals surface area (Å²) in [5.74, 6) is -0.243. The van der Waals surface area contributed by atoms with Gasteiger partial charge in [0.2, 0.25) is 5.13 Å². The van der Waals surface area contributed by atoms with Crippen LogP contribution < -0.4 is 5.01 Å². The monoisotopic (exact) mass is 373 g/mol. The third kappa shape index (κ3) is 3.00. The van der Waals surface area contributed by atoms with E-state index in [0.717, 1.165) is 33.0 Å². The van der Waals surface area contributed by atoms with Gasteiger partial charge >= 0.3 is 0 Å². The van der Waals surface area contributed by atoms with Crippen LogP contribution in [0.25, 0.3) is 10.2 Å². The Hall–Kier alpha value is -3.05. The van der Waals surface area contributed by atoms with E-state index in [0.29, 0.717) is 0 Å². The Kier molecular flexibility index (Phi) is 3.94. The first-order chi connectivity index (χ1) is 13.3. The molecule has 5 rings (SSSR count). The van der Waals surface area contributed by atoms with Gasteiger partial charge < -0.3 is 0 Å². The van der Waals surface area contributed by atoms with Crippen LogP contribution in [0.3, 0.4) is 0 Å². The first-order valence-electron chi connectivity index (χ1n) is 8.81. The average Bonchev–Trinajstić information content (AvgIpc) is 3.33. The third-order valence-corrected chi connectivity index (χ3v) is 5.74. The minimum atomic E-state index is -0.243. The Labute approximate surface area is 160 Å². The average molecular weight is 373 g/mol. The van der Waals surface area contributed by atoms with E-state index in [-0.39, 0.29) is 11.9 Å². The van der Waals surface area contributed by atoms with Crippen LogP contribution in [0.4, 0.5) is 9.52 Å². The number of fused-ring (bicyclic) bond motifs is 1. The van der Waals surface area contributed by atoms with E-state index in [1.807, 2.05) is 41.4 Å². The lowest BCUT2D eigenvalue weighted by Crippen LogP contribution is -2.18. The van der Waals surface area contributed by atoms with Crippen LogP contribution in [0, 0.1) is 5.82 Å². The quantitative estimate of drug-likeness (QED) is 0.455. The van der Waals surface area contributed by atoms with Gasteiger partial charge in [-0.3, -0.25) is 0 Å². The van der Waals surface area contributed by atoms with Crippen LogP contribution in [0.15, 0.2) is 84.0 Å². The highest BCUT2D eigenvalue weighted by Crippen LogP contribution is 2.40. The van der Waals surface area contributed by atoms with E-state index in [2.05, 4.69) is 24.3 Å². The number of rotatable bonds is 3. The second kappa shape index (κ2) is 6.59. The SMILES string of the molecule is Fc1ccc2nc(N3N=C(c4ccccc4)CC3c3ccccc3)sc2c1. The first kappa shape index (κ1) is 16.1. The molecule has 3 nitrogen and oxygen atoms in total. The summed E-state index contributed by atoms with van der Waals surface area (Å²) < 4.78 is 14.4. The van der Waals surface area contributed by atoms with Crippen molar-refractivity contribution in [3.8, 4) is 0 Å². The van der Waals surface area contributed by atoms with Crippen LogP contribution in [0.2, 0.25) is 0 Å². The maximum Gasteiger partial charge on any atom is 0.207 e. The molecule has 1 aliphatic heterocycles. The maximum absolute atomic E-state index is 13.6. The second-order valence-corrected chi connectivity index (χ2v) is 7.51. The predicted molar refractivity (Wildman–Crippen MR) is 109 cm³/mol. The summed E-state index contributed by atoms with van der Waals surface area (Å²) >= 11 is 1.47. The van der Waals surface area contributed by atoms with Crippen LogP contribution in [-0.2, 0) is 0 Å². The standard InChI is InChI=1S/C22H16FN3S/c23-17-11-12-18-21(13-17)27-22(24-18)26-20(16-9-5-2-6-10-16)14-19(25-26)15-7-3-1-4-8-15/h1-13,20H,14H2. The molecule has 2 heterocycles. The first-order valence-corrected chi connectivity index (χ1v) is 9.63. The van der Waals surface area contributed by atoms with Gasteiger partial charge in [-0.1, -0.05) is 72.0 Å². The predicted octanol–water partition coefficient (Wildman–Crippen LogP) is 5.79. The molecule has 0 bridgehead atoms. The molecular formula is C22H16FN3S. The highest BCUT2D eigenvalue weighted by molar-refractivity contribution is 7.22. The molecule has 3 aromatic carbocycles. The molecule has 4 aromatic rings. The van der Waals surface area contributed by atoms with Crippen molar-refractivity contribution in [1.29, 1.82) is 0 Å². The van der Waals surface area contributed by atoms with Crippen molar-refractivity contribution in [2.45, 2.75) is 12.5 Å². The summed E-state index contributed by atoms with van der Waals surface area (Å²) in [6.07, 6.45) is 0.804. The molecule has 0 saturated carbocycles. The van der Waals surface area contributed by atoms with Gasteiger partial charge in [-0.05, 0) is 29.3 Å². The van der Waals surface area contributed by atoms with Crippen molar-refractivity contribution in [3.05, 3.63) is 95.8 Å². The Morgan fingerprint density at radius 3 is 2.44 bits per heavy atom. The third-order valence-electron chi connectivity index (χ3n) is 4.74. The fourth-order valence-corrected chi connectivity index (χ4v) is 4.40. The van der Waals surface area contributed by atoms with Crippen molar-refractivity contribution < 1.29 is 4.39 Å². The smallest absolute Gasteiger partial charge is 0.207 e. The highest BCUT2D eigenvalue weighted by atomic mass is 32.1. The maximum atomic E-state index is 13.6. The highest BCUT2D eigenvalue weighted by Gasteiger charge is 2.31. The molecule has 1 aromatic heterocycles. The number of halogens is 1. The van der Waals surface area contributed by atoms with Crippen molar-refractivity contribution in [2.24, 2.45) is 5.10 Å². The van der Waals surface area contributed by atoms with Crippen molar-refractivity contribution in [2.75, 3.05) is 5.01 Å². The largest absolute Gasteiger partial charge is 0.231 e. The van der Waals surface area contributed by atoms with Gasteiger partial charge in [-0.25, -0.2) is 14.4 Å². The lowest BCUT2D eigenvalue weighted by Gasteiger charge is -2.21. The fraction of sp³-hybridized carbons (Fsp3) is 0.0909. The van der Waals surface area contributed by atoms with E-state index < -0.39 is 0 Å². The van der Waals surface area contributed by atoms with Crippen molar-refractivity contribution in [3.63, 3.8) is 0 Å². The molecule has 0 fully saturated rings. The summed E-state index contributed by atoms with van der Waals surface area (Å²) in [4.78, 5) is 4.71. The lowest BCUT2D eigenvalue weighted by molar-refractivity contribution is 0.630. The molecule has 1 aliphatic rings. The summed E-state index contributed by atoms with van der Waals surface area (Å²) in [7, 11) is 0. The number of nitrogens with zero attached hydrogens (tertiary/aromatic N) is 3. The molecule has 132 valence electrons. The number of hydrogen-bond donors (Lipinski definition) is 0. The summed E-state index contributed by atoms with van der Waals surface area (Å²) in [5.41, 5.74) is 4.15. The Morgan fingerprint density at radius 2 is 1.67 bits per heavy atom. The molecule has 0 radical (unpaired) electrons. The molecule has 0 amide bonds. The zero-order chi connectivity index (χ0) is 18.2. The number of benzene rings is 3. The van der Waals surface area contributed by atoms with Crippen LogP contribution in [0.5, 0.6) is 0 Å². The minimum absolute atomic E-state index is 0.0758. The summed E-state index contributed by atoms with van der Waals surface area (Å²) in [6.45, 7) is 0. The van der Waals surface area contributed by atoms with Crippen molar-refractivity contribution in [1.82, 2.24) is 4.98 Å². The minimum Gasteiger partial charge on any atom is -0.231 e. The topological polar surface area (TPSA) is 28.5 Å². The van der Waals surface area contributed by atoms with E-state index in [1.54, 1.807) is 6.07 Å². The number of hydrazone groups is 1. The Balaban J connectivity index is 1.61. The molecule has 0 saturated heterocycles. The van der Waals surface area contributed by atoms with E-state index in [1.165, 1.54) is 29.0 Å². The normalized spacial score (nSPS) is 16.7. The Bertz CT molecular complexity index is 1120. The van der Waals surface area contributed by atoms with Gasteiger partial charge in [0.25, 0.3) is 0 Å². The molecule has 0 spiro atoms. The summed E-state index contributed by atoms with van der Waals surface area (Å²) in [5, 5.41) is 7.68. The van der Waals surface area contributed by atoms with Gasteiger partial charge in [-0.2, -0.15) is 5.10 Å². The fourth-order valence-electron chi connectivity index (χ4n) is 3.41. The number of anilines is 1. The molecule has 0 aliphatic carbocycles. The van der Waals surface area contributed by atoms with Gasteiger partial charge in [0.15, 0.2) is 0 Å². The van der Waals surface area contributed by atoms with Gasteiger partial charge in [0.1, 0.15) is 5.82 Å². The van der Waals surface area contributed by atoms with Gasteiger partial charge in [0.05, 0.1) is 22.0 Å². The molecule has 1 unspecified atom stereocenters. The zero-order valence-corrected chi connectivity index (χ0v) is 15.2. The van der Waals surface area contributed by atoms with E-state index in [9.17, 15) is 4.39 Å². The zero-order valence-electron chi connectivity index (χ0n) is 14.4. The van der Waals surface area contributed by atoms with Gasteiger partial charge in [0, 0.05) is 6.42 Å². The number of aromatic nitrogens is 1. The second-order valence-electron chi connectivity index (χ2n) is 6.50. The van der Waals surface area contributed by atoms with Crippen molar-refractivity contribution >= 4 is 32.4 Å². The van der Waals surface area contributed by atoms with E-state index in [4.69, 9.17) is 10.1 Å². The molecule has 27 heavy (non-hydrogen) atoms.